The van der Waals surface area contributed by atoms with Crippen molar-refractivity contribution in [2.45, 2.75) is 64.8 Å². The number of hydrogen-bond donors (Lipinski definition) is 1. The molecule has 2 aliphatic rings. The lowest BCUT2D eigenvalue weighted by molar-refractivity contribution is 0.108. The summed E-state index contributed by atoms with van der Waals surface area (Å²) in [7, 11) is 0. The van der Waals surface area contributed by atoms with Gasteiger partial charge in [-0.2, -0.15) is 0 Å². The van der Waals surface area contributed by atoms with Gasteiger partial charge >= 0.3 is 0 Å². The molecule has 0 spiro atoms. The SMILES string of the molecule is CC1CCC(C(C)C)C(N)(c2nc3c(s2)CCC3)C1. The fourth-order valence-corrected chi connectivity index (χ4v) is 5.44. The summed E-state index contributed by atoms with van der Waals surface area (Å²) in [6, 6.07) is 0. The minimum absolute atomic E-state index is 0.166. The van der Waals surface area contributed by atoms with E-state index in [1.165, 1.54) is 47.7 Å². The molecule has 0 aliphatic heterocycles. The molecule has 0 saturated heterocycles. The van der Waals surface area contributed by atoms with Gasteiger partial charge in [-0.05, 0) is 49.9 Å². The van der Waals surface area contributed by atoms with Crippen molar-refractivity contribution in [1.29, 1.82) is 0 Å². The number of aryl methyl sites for hydroxylation is 2. The quantitative estimate of drug-likeness (QED) is 0.891. The third kappa shape index (κ3) is 2.25. The molecule has 3 heteroatoms. The molecule has 1 heterocycles. The van der Waals surface area contributed by atoms with Crippen LogP contribution < -0.4 is 5.73 Å². The van der Waals surface area contributed by atoms with Gasteiger partial charge in [-0.3, -0.25) is 0 Å². The van der Waals surface area contributed by atoms with E-state index >= 15 is 0 Å². The average Bonchev–Trinajstić information content (AvgIpc) is 2.87. The lowest BCUT2D eigenvalue weighted by Gasteiger charge is -2.44. The zero-order chi connectivity index (χ0) is 13.6. The third-order valence-electron chi connectivity index (χ3n) is 5.12. The van der Waals surface area contributed by atoms with Crippen molar-refractivity contribution in [3.8, 4) is 0 Å². The average molecular weight is 278 g/mol. The maximum absolute atomic E-state index is 6.92. The molecule has 3 rings (SSSR count). The van der Waals surface area contributed by atoms with Gasteiger partial charge in [-0.25, -0.2) is 4.98 Å². The van der Waals surface area contributed by atoms with Crippen LogP contribution in [0, 0.1) is 17.8 Å². The lowest BCUT2D eigenvalue weighted by atomic mass is 9.65. The molecule has 3 atom stereocenters. The van der Waals surface area contributed by atoms with Gasteiger partial charge in [0.15, 0.2) is 0 Å². The van der Waals surface area contributed by atoms with Crippen LogP contribution in [0.2, 0.25) is 0 Å². The Hall–Kier alpha value is -0.410. The van der Waals surface area contributed by atoms with Gasteiger partial charge in [0.25, 0.3) is 0 Å². The summed E-state index contributed by atoms with van der Waals surface area (Å²) in [4.78, 5) is 6.46. The summed E-state index contributed by atoms with van der Waals surface area (Å²) in [6.07, 6.45) is 7.39. The first-order valence-electron chi connectivity index (χ1n) is 7.78. The fourth-order valence-electron chi connectivity index (χ4n) is 4.12. The Bertz CT molecular complexity index is 444. The monoisotopic (exact) mass is 278 g/mol. The molecule has 2 N–H and O–H groups in total. The Balaban J connectivity index is 1.96. The number of thiazole rings is 1. The molecule has 1 saturated carbocycles. The van der Waals surface area contributed by atoms with Gasteiger partial charge in [0.2, 0.25) is 0 Å². The van der Waals surface area contributed by atoms with Crippen LogP contribution in [0.4, 0.5) is 0 Å². The molecule has 2 aliphatic carbocycles. The first-order chi connectivity index (χ1) is 9.00. The molecule has 3 unspecified atom stereocenters. The van der Waals surface area contributed by atoms with Gasteiger partial charge in [0.1, 0.15) is 5.01 Å². The van der Waals surface area contributed by atoms with E-state index in [9.17, 15) is 0 Å². The number of nitrogens with zero attached hydrogens (tertiary/aromatic N) is 1. The predicted octanol–water partition coefficient (Wildman–Crippen LogP) is 3.88. The molecule has 19 heavy (non-hydrogen) atoms. The Morgan fingerprint density at radius 1 is 1.32 bits per heavy atom. The van der Waals surface area contributed by atoms with Gasteiger partial charge in [0, 0.05) is 4.88 Å². The number of nitrogens with two attached hydrogens (primary N) is 1. The van der Waals surface area contributed by atoms with Crippen LogP contribution in [0.3, 0.4) is 0 Å². The lowest BCUT2D eigenvalue weighted by Crippen LogP contribution is -2.50. The highest BCUT2D eigenvalue weighted by molar-refractivity contribution is 7.12. The minimum atomic E-state index is -0.166. The van der Waals surface area contributed by atoms with Crippen molar-refractivity contribution in [1.82, 2.24) is 4.98 Å². The highest BCUT2D eigenvalue weighted by atomic mass is 32.1. The second-order valence-corrected chi connectivity index (χ2v) is 8.10. The van der Waals surface area contributed by atoms with E-state index in [-0.39, 0.29) is 5.54 Å². The molecule has 0 amide bonds. The Labute approximate surface area is 120 Å². The van der Waals surface area contributed by atoms with Crippen molar-refractivity contribution in [2.75, 3.05) is 0 Å². The van der Waals surface area contributed by atoms with Crippen LogP contribution in [-0.2, 0) is 18.4 Å². The molecule has 1 aromatic rings. The number of fused-ring (bicyclic) bond motifs is 1. The van der Waals surface area contributed by atoms with Crippen molar-refractivity contribution < 1.29 is 0 Å². The second-order valence-electron chi connectivity index (χ2n) is 7.02. The first kappa shape index (κ1) is 13.6. The number of rotatable bonds is 2. The highest BCUT2D eigenvalue weighted by Gasteiger charge is 2.45. The predicted molar refractivity (Wildman–Crippen MR) is 81.3 cm³/mol. The van der Waals surface area contributed by atoms with Gasteiger partial charge in [0.05, 0.1) is 11.2 Å². The van der Waals surface area contributed by atoms with E-state index in [0.717, 1.165) is 12.3 Å². The summed E-state index contributed by atoms with van der Waals surface area (Å²) >= 11 is 1.91. The number of aromatic nitrogens is 1. The van der Waals surface area contributed by atoms with Crippen LogP contribution in [-0.4, -0.2) is 4.98 Å². The highest BCUT2D eigenvalue weighted by Crippen LogP contribution is 2.47. The minimum Gasteiger partial charge on any atom is -0.319 e. The normalized spacial score (nSPS) is 34.8. The smallest absolute Gasteiger partial charge is 0.113 e. The summed E-state index contributed by atoms with van der Waals surface area (Å²) in [6.45, 7) is 6.99. The standard InChI is InChI=1S/C16H26N2S/c1-10(2)12-8-7-11(3)9-16(12,17)15-18-13-5-4-6-14(13)19-15/h10-12H,4-9,17H2,1-3H3. The maximum atomic E-state index is 6.92. The number of hydrogen-bond acceptors (Lipinski definition) is 3. The summed E-state index contributed by atoms with van der Waals surface area (Å²) in [5.41, 5.74) is 8.11. The third-order valence-corrected chi connectivity index (χ3v) is 6.47. The zero-order valence-electron chi connectivity index (χ0n) is 12.4. The molecule has 0 bridgehead atoms. The largest absolute Gasteiger partial charge is 0.319 e. The molecule has 106 valence electrons. The fraction of sp³-hybridized carbons (Fsp3) is 0.812. The van der Waals surface area contributed by atoms with Gasteiger partial charge < -0.3 is 5.73 Å². The van der Waals surface area contributed by atoms with E-state index < -0.39 is 0 Å². The topological polar surface area (TPSA) is 38.9 Å². The van der Waals surface area contributed by atoms with Crippen LogP contribution in [0.1, 0.15) is 62.0 Å². The Morgan fingerprint density at radius 3 is 2.79 bits per heavy atom. The van der Waals surface area contributed by atoms with Crippen LogP contribution in [0.5, 0.6) is 0 Å². The molecule has 2 nitrogen and oxygen atoms in total. The summed E-state index contributed by atoms with van der Waals surface area (Å²) in [5, 5.41) is 1.24. The van der Waals surface area contributed by atoms with Crippen molar-refractivity contribution in [3.63, 3.8) is 0 Å². The molecule has 0 radical (unpaired) electrons. The molecular formula is C16H26N2S. The zero-order valence-corrected chi connectivity index (χ0v) is 13.2. The van der Waals surface area contributed by atoms with E-state index in [1.54, 1.807) is 0 Å². The van der Waals surface area contributed by atoms with Crippen molar-refractivity contribution >= 4 is 11.3 Å². The van der Waals surface area contributed by atoms with Crippen LogP contribution in [0.25, 0.3) is 0 Å². The van der Waals surface area contributed by atoms with E-state index in [2.05, 4.69) is 20.8 Å². The summed E-state index contributed by atoms with van der Waals surface area (Å²) < 4.78 is 0. The van der Waals surface area contributed by atoms with Gasteiger partial charge in [-0.1, -0.05) is 27.2 Å². The van der Waals surface area contributed by atoms with Crippen molar-refractivity contribution in [3.05, 3.63) is 15.6 Å². The van der Waals surface area contributed by atoms with Gasteiger partial charge in [-0.15, -0.1) is 11.3 Å². The first-order valence-corrected chi connectivity index (χ1v) is 8.60. The van der Waals surface area contributed by atoms with Crippen LogP contribution in [0.15, 0.2) is 0 Å². The summed E-state index contributed by atoms with van der Waals surface area (Å²) in [5.74, 6) is 1.98. The molecular weight excluding hydrogens is 252 g/mol. The molecule has 1 fully saturated rings. The Morgan fingerprint density at radius 2 is 2.11 bits per heavy atom. The molecule has 1 aromatic heterocycles. The molecule has 0 aromatic carbocycles. The van der Waals surface area contributed by atoms with Crippen LogP contribution >= 0.6 is 11.3 Å². The Kier molecular flexibility index (Phi) is 3.46. The van der Waals surface area contributed by atoms with E-state index in [1.807, 2.05) is 11.3 Å². The van der Waals surface area contributed by atoms with Crippen molar-refractivity contribution in [2.24, 2.45) is 23.5 Å². The van der Waals surface area contributed by atoms with E-state index in [0.29, 0.717) is 11.8 Å². The second kappa shape index (κ2) is 4.85. The maximum Gasteiger partial charge on any atom is 0.113 e. The van der Waals surface area contributed by atoms with E-state index in [4.69, 9.17) is 10.7 Å².